The van der Waals surface area contributed by atoms with E-state index in [0.29, 0.717) is 28.8 Å². The first-order valence-corrected chi connectivity index (χ1v) is 13.6. The number of nitrogens with one attached hydrogen (secondary N) is 1. The molecule has 0 aliphatic rings. The Morgan fingerprint density at radius 2 is 1.97 bits per heavy atom. The summed E-state index contributed by atoms with van der Waals surface area (Å²) in [5, 5.41) is 21.9. The van der Waals surface area contributed by atoms with E-state index in [1.165, 1.54) is 24.1 Å². The van der Waals surface area contributed by atoms with E-state index in [2.05, 4.69) is 29.4 Å². The Morgan fingerprint density at radius 1 is 1.21 bits per heavy atom. The van der Waals surface area contributed by atoms with E-state index in [-0.39, 0.29) is 24.1 Å². The highest BCUT2D eigenvalue weighted by atomic mass is 35.5. The van der Waals surface area contributed by atoms with Crippen molar-refractivity contribution in [1.29, 1.82) is 0 Å². The SMILES string of the molecule is CCCCC(CC)CC(C(=O)Nc1ccn(CC(C)(C)O)n1)n1ncc(Oc2ccc(OC)cc2Cl)cc1=O. The fourth-order valence-electron chi connectivity index (χ4n) is 4.25. The number of hydrogen-bond donors (Lipinski definition) is 2. The van der Waals surface area contributed by atoms with Crippen LogP contribution >= 0.6 is 11.6 Å². The van der Waals surface area contributed by atoms with Crippen molar-refractivity contribution in [2.75, 3.05) is 12.4 Å². The molecule has 10 nitrogen and oxygen atoms in total. The molecule has 2 heterocycles. The Balaban J connectivity index is 1.85. The van der Waals surface area contributed by atoms with E-state index in [1.54, 1.807) is 49.0 Å². The summed E-state index contributed by atoms with van der Waals surface area (Å²) in [5.41, 5.74) is -1.43. The van der Waals surface area contributed by atoms with Crippen LogP contribution in [0, 0.1) is 5.92 Å². The molecule has 1 amide bonds. The number of halogens is 1. The minimum atomic E-state index is -0.958. The van der Waals surface area contributed by atoms with Crippen molar-refractivity contribution in [3.8, 4) is 17.2 Å². The second-order valence-electron chi connectivity index (χ2n) is 10.2. The molecule has 0 bridgehead atoms. The molecule has 212 valence electrons. The molecule has 11 heteroatoms. The van der Waals surface area contributed by atoms with Gasteiger partial charge >= 0.3 is 0 Å². The molecule has 2 aromatic heterocycles. The van der Waals surface area contributed by atoms with Crippen molar-refractivity contribution >= 4 is 23.3 Å². The second kappa shape index (κ2) is 13.6. The number of aromatic nitrogens is 4. The molecule has 2 N–H and O–H groups in total. The van der Waals surface area contributed by atoms with Crippen molar-refractivity contribution in [3.05, 3.63) is 58.1 Å². The van der Waals surface area contributed by atoms with E-state index in [1.807, 2.05) is 0 Å². The molecule has 39 heavy (non-hydrogen) atoms. The Hall–Kier alpha value is -3.37. The highest BCUT2D eigenvalue weighted by Gasteiger charge is 2.27. The molecule has 0 spiro atoms. The van der Waals surface area contributed by atoms with Crippen molar-refractivity contribution < 1.29 is 19.4 Å². The first-order chi connectivity index (χ1) is 18.5. The molecule has 2 atom stereocenters. The van der Waals surface area contributed by atoms with Gasteiger partial charge < -0.3 is 19.9 Å². The van der Waals surface area contributed by atoms with E-state index >= 15 is 0 Å². The number of rotatable bonds is 14. The Labute approximate surface area is 233 Å². The van der Waals surface area contributed by atoms with Gasteiger partial charge in [-0.15, -0.1) is 0 Å². The standard InChI is InChI=1S/C28H38ClN5O5/c1-6-8-9-19(7-2)14-23(27(36)31-25-12-13-33(32-25)18-28(3,4)37)34-26(35)16-21(17-30-34)39-24-11-10-20(38-5)15-22(24)29/h10-13,15-17,19,23,37H,6-9,14,18H2,1-5H3,(H,31,32,36). The van der Waals surface area contributed by atoms with Crippen LogP contribution in [0.2, 0.25) is 5.02 Å². The Kier molecular flexibility index (Phi) is 10.5. The quantitative estimate of drug-likeness (QED) is 0.269. The average Bonchev–Trinajstić information content (AvgIpc) is 3.30. The highest BCUT2D eigenvalue weighted by Crippen LogP contribution is 2.32. The fraction of sp³-hybridized carbons (Fsp3) is 0.500. The summed E-state index contributed by atoms with van der Waals surface area (Å²) in [7, 11) is 1.54. The fourth-order valence-corrected chi connectivity index (χ4v) is 4.46. The maximum atomic E-state index is 13.5. The summed E-state index contributed by atoms with van der Waals surface area (Å²) in [6, 6.07) is 7.03. The topological polar surface area (TPSA) is 121 Å². The number of carbonyl (C=O) groups is 1. The zero-order valence-corrected chi connectivity index (χ0v) is 23.9. The number of amides is 1. The number of benzene rings is 1. The molecule has 1 aromatic carbocycles. The van der Waals surface area contributed by atoms with Crippen molar-refractivity contribution in [3.63, 3.8) is 0 Å². The van der Waals surface area contributed by atoms with Crippen LogP contribution in [0.25, 0.3) is 0 Å². The molecule has 0 fully saturated rings. The summed E-state index contributed by atoms with van der Waals surface area (Å²) in [4.78, 5) is 26.7. The summed E-state index contributed by atoms with van der Waals surface area (Å²) in [5.74, 6) is 1.30. The third kappa shape index (κ3) is 8.83. The Morgan fingerprint density at radius 3 is 2.59 bits per heavy atom. The zero-order chi connectivity index (χ0) is 28.6. The van der Waals surface area contributed by atoms with Crippen LogP contribution in [-0.4, -0.2) is 43.3 Å². The van der Waals surface area contributed by atoms with Gasteiger partial charge in [0.2, 0.25) is 0 Å². The molecule has 0 radical (unpaired) electrons. The largest absolute Gasteiger partial charge is 0.497 e. The number of nitrogens with zero attached hydrogens (tertiary/aromatic N) is 4. The van der Waals surface area contributed by atoms with Gasteiger partial charge in [-0.3, -0.25) is 14.3 Å². The van der Waals surface area contributed by atoms with Crippen LogP contribution in [0.4, 0.5) is 5.82 Å². The van der Waals surface area contributed by atoms with Crippen LogP contribution in [-0.2, 0) is 11.3 Å². The monoisotopic (exact) mass is 559 g/mol. The molecule has 0 aliphatic heterocycles. The number of carbonyl (C=O) groups excluding carboxylic acids is 1. The van der Waals surface area contributed by atoms with Gasteiger partial charge in [-0.05, 0) is 38.3 Å². The summed E-state index contributed by atoms with van der Waals surface area (Å²) in [6.07, 6.45) is 7.42. The zero-order valence-electron chi connectivity index (χ0n) is 23.2. The molecular formula is C28H38ClN5O5. The van der Waals surface area contributed by atoms with Crippen molar-refractivity contribution in [2.24, 2.45) is 5.92 Å². The van der Waals surface area contributed by atoms with Crippen LogP contribution in [0.15, 0.2) is 47.5 Å². The van der Waals surface area contributed by atoms with Gasteiger partial charge in [-0.2, -0.15) is 10.2 Å². The second-order valence-corrected chi connectivity index (χ2v) is 10.6. The molecule has 0 saturated heterocycles. The molecule has 0 saturated carbocycles. The predicted molar refractivity (Wildman–Crippen MR) is 151 cm³/mol. The molecule has 2 unspecified atom stereocenters. The normalized spacial score (nSPS) is 13.1. The van der Waals surface area contributed by atoms with Crippen LogP contribution in [0.1, 0.15) is 65.8 Å². The van der Waals surface area contributed by atoms with Gasteiger partial charge in [-0.25, -0.2) is 4.68 Å². The lowest BCUT2D eigenvalue weighted by atomic mass is 9.91. The summed E-state index contributed by atoms with van der Waals surface area (Å²) in [6.45, 7) is 7.83. The highest BCUT2D eigenvalue weighted by molar-refractivity contribution is 6.32. The number of unbranched alkanes of at least 4 members (excludes halogenated alkanes) is 1. The third-order valence-corrected chi connectivity index (χ3v) is 6.60. The minimum Gasteiger partial charge on any atom is -0.497 e. The van der Waals surface area contributed by atoms with Gasteiger partial charge in [0, 0.05) is 24.4 Å². The van der Waals surface area contributed by atoms with Crippen LogP contribution < -0.4 is 20.3 Å². The predicted octanol–water partition coefficient (Wildman–Crippen LogP) is 5.45. The number of methoxy groups -OCH3 is 1. The third-order valence-electron chi connectivity index (χ3n) is 6.31. The maximum absolute atomic E-state index is 13.5. The van der Waals surface area contributed by atoms with E-state index < -0.39 is 17.2 Å². The molecule has 3 aromatic rings. The first kappa shape index (κ1) is 30.2. The summed E-state index contributed by atoms with van der Waals surface area (Å²) < 4.78 is 13.7. The van der Waals surface area contributed by atoms with Crippen LogP contribution in [0.3, 0.4) is 0 Å². The van der Waals surface area contributed by atoms with Gasteiger partial charge in [0.05, 0.1) is 30.5 Å². The average molecular weight is 560 g/mol. The lowest BCUT2D eigenvalue weighted by Gasteiger charge is -2.23. The number of hydrogen-bond acceptors (Lipinski definition) is 7. The lowest BCUT2D eigenvalue weighted by Crippen LogP contribution is -2.36. The van der Waals surface area contributed by atoms with Gasteiger partial charge in [-0.1, -0.05) is 51.1 Å². The minimum absolute atomic E-state index is 0.200. The maximum Gasteiger partial charge on any atom is 0.271 e. The molecule has 0 aliphatic carbocycles. The van der Waals surface area contributed by atoms with E-state index in [4.69, 9.17) is 21.1 Å². The van der Waals surface area contributed by atoms with Gasteiger partial charge in [0.25, 0.3) is 11.5 Å². The number of anilines is 1. The smallest absolute Gasteiger partial charge is 0.271 e. The summed E-state index contributed by atoms with van der Waals surface area (Å²) >= 11 is 6.27. The lowest BCUT2D eigenvalue weighted by molar-refractivity contribution is -0.120. The van der Waals surface area contributed by atoms with Crippen molar-refractivity contribution in [1.82, 2.24) is 19.6 Å². The first-order valence-electron chi connectivity index (χ1n) is 13.2. The molecular weight excluding hydrogens is 522 g/mol. The van der Waals surface area contributed by atoms with E-state index in [0.717, 1.165) is 25.7 Å². The number of aliphatic hydroxyl groups is 1. The van der Waals surface area contributed by atoms with Crippen molar-refractivity contribution in [2.45, 2.75) is 78.0 Å². The Bertz CT molecular complexity index is 1300. The molecule has 3 rings (SSSR count). The van der Waals surface area contributed by atoms with E-state index in [9.17, 15) is 14.7 Å². The van der Waals surface area contributed by atoms with Crippen LogP contribution in [0.5, 0.6) is 17.2 Å². The van der Waals surface area contributed by atoms with Gasteiger partial charge in [0.15, 0.2) is 11.6 Å². The number of ether oxygens (including phenoxy) is 2. The van der Waals surface area contributed by atoms with Gasteiger partial charge in [0.1, 0.15) is 17.5 Å².